The lowest BCUT2D eigenvalue weighted by atomic mass is 9.97. The summed E-state index contributed by atoms with van der Waals surface area (Å²) in [6.45, 7) is 17.0. The summed E-state index contributed by atoms with van der Waals surface area (Å²) < 4.78 is 23.5. The van der Waals surface area contributed by atoms with E-state index < -0.39 is 41.8 Å². The van der Waals surface area contributed by atoms with Crippen molar-refractivity contribution in [2.75, 3.05) is 11.4 Å². The van der Waals surface area contributed by atoms with Crippen LogP contribution in [0.5, 0.6) is 0 Å². The molecule has 0 unspecified atom stereocenters. The molecular weight excluding hydrogens is 498 g/mol. The number of amides is 1. The van der Waals surface area contributed by atoms with E-state index in [4.69, 9.17) is 18.9 Å². The molecule has 2 aliphatic rings. The molecule has 0 aliphatic carbocycles. The molecule has 0 bridgehead atoms. The summed E-state index contributed by atoms with van der Waals surface area (Å²) in [5.41, 5.74) is 1.68. The molecule has 39 heavy (non-hydrogen) atoms. The van der Waals surface area contributed by atoms with Gasteiger partial charge in [0.05, 0.1) is 11.7 Å². The number of esters is 1. The number of hydrogen-bond acceptors (Lipinski definition) is 7. The number of hydrogen-bond donors (Lipinski definition) is 0. The Morgan fingerprint density at radius 1 is 1.13 bits per heavy atom. The summed E-state index contributed by atoms with van der Waals surface area (Å²) in [5.74, 6) is -1.75. The van der Waals surface area contributed by atoms with Crippen molar-refractivity contribution in [2.24, 2.45) is 5.92 Å². The molecular formula is C31H43NO7. The molecule has 1 amide bonds. The predicted octanol–water partition coefficient (Wildman–Crippen LogP) is 6.39. The number of aryl methyl sites for hydroxylation is 1. The van der Waals surface area contributed by atoms with Crippen LogP contribution >= 0.6 is 0 Å². The summed E-state index contributed by atoms with van der Waals surface area (Å²) in [6, 6.07) is 3.62. The van der Waals surface area contributed by atoms with Crippen LogP contribution in [0.3, 0.4) is 0 Å². The van der Waals surface area contributed by atoms with Gasteiger partial charge in [0.1, 0.15) is 17.8 Å². The van der Waals surface area contributed by atoms with Crippen LogP contribution in [0.1, 0.15) is 89.7 Å². The molecule has 0 saturated carbocycles. The summed E-state index contributed by atoms with van der Waals surface area (Å²) in [6.07, 6.45) is 5.88. The summed E-state index contributed by atoms with van der Waals surface area (Å²) in [5, 5.41) is 0. The largest absolute Gasteiger partial charge is 0.458 e. The molecule has 1 aromatic carbocycles. The van der Waals surface area contributed by atoms with Crippen LogP contribution in [0.2, 0.25) is 0 Å². The first-order chi connectivity index (χ1) is 18.1. The third-order valence-corrected chi connectivity index (χ3v) is 6.65. The lowest BCUT2D eigenvalue weighted by Crippen LogP contribution is -2.37. The lowest BCUT2D eigenvalue weighted by molar-refractivity contribution is -0.152. The topological polar surface area (TPSA) is 91.4 Å². The standard InChI is InChI=1S/C31H43NO7/c1-10-16-32(29(35)39-30(5,6)7)23-17-20(3)26-22(18-23)12-11-13-25-27(38-31(8,9)37-25)24(33)15-14-19(2)21(4)36-28(26)34/h11-12,14-15,17-19,21,25,27H,10,13,16H2,1-9H3/b12-11+,15-14-/t19-,21+,25+,27-/m1/s1. The number of cyclic esters (lactones) is 1. The molecule has 214 valence electrons. The average molecular weight is 542 g/mol. The van der Waals surface area contributed by atoms with Crippen molar-refractivity contribution in [2.45, 2.75) is 105 Å². The van der Waals surface area contributed by atoms with Crippen LogP contribution in [0.25, 0.3) is 6.08 Å². The van der Waals surface area contributed by atoms with Crippen LogP contribution in [-0.4, -0.2) is 54.1 Å². The fraction of sp³-hybridized carbons (Fsp3) is 0.581. The first-order valence-corrected chi connectivity index (χ1v) is 13.7. The fourth-order valence-corrected chi connectivity index (χ4v) is 4.64. The molecule has 8 nitrogen and oxygen atoms in total. The van der Waals surface area contributed by atoms with Gasteiger partial charge >= 0.3 is 12.1 Å². The van der Waals surface area contributed by atoms with E-state index in [1.807, 2.05) is 59.8 Å². The fourth-order valence-electron chi connectivity index (χ4n) is 4.64. The van der Waals surface area contributed by atoms with E-state index >= 15 is 0 Å². The van der Waals surface area contributed by atoms with Crippen LogP contribution in [0, 0.1) is 12.8 Å². The molecule has 1 aromatic rings. The van der Waals surface area contributed by atoms with Gasteiger partial charge in [0.2, 0.25) is 0 Å². The minimum Gasteiger partial charge on any atom is -0.458 e. The second-order valence-electron chi connectivity index (χ2n) is 11.8. The molecule has 4 atom stereocenters. The van der Waals surface area contributed by atoms with Gasteiger partial charge in [-0.15, -0.1) is 0 Å². The highest BCUT2D eigenvalue weighted by Gasteiger charge is 2.43. The first-order valence-electron chi connectivity index (χ1n) is 13.7. The maximum absolute atomic E-state index is 13.4. The Morgan fingerprint density at radius 3 is 2.46 bits per heavy atom. The molecule has 1 fully saturated rings. The van der Waals surface area contributed by atoms with Crippen molar-refractivity contribution in [3.05, 3.63) is 47.1 Å². The van der Waals surface area contributed by atoms with E-state index in [2.05, 4.69) is 0 Å². The maximum atomic E-state index is 13.4. The third kappa shape index (κ3) is 7.79. The zero-order chi connectivity index (χ0) is 29.1. The predicted molar refractivity (Wildman–Crippen MR) is 151 cm³/mol. The highest BCUT2D eigenvalue weighted by Crippen LogP contribution is 2.33. The van der Waals surface area contributed by atoms with Gasteiger partial charge in [0, 0.05) is 18.2 Å². The quantitative estimate of drug-likeness (QED) is 0.410. The number of carbonyl (C=O) groups excluding carboxylic acids is 3. The van der Waals surface area contributed by atoms with E-state index in [1.54, 1.807) is 37.8 Å². The molecule has 0 aromatic heterocycles. The Labute approximate surface area is 232 Å². The Kier molecular flexibility index (Phi) is 9.44. The van der Waals surface area contributed by atoms with Gasteiger partial charge in [0.25, 0.3) is 0 Å². The monoisotopic (exact) mass is 541 g/mol. The second-order valence-corrected chi connectivity index (χ2v) is 11.8. The number of carbonyl (C=O) groups is 3. The van der Waals surface area contributed by atoms with Crippen LogP contribution < -0.4 is 4.90 Å². The van der Waals surface area contributed by atoms with Gasteiger partial charge in [-0.3, -0.25) is 9.69 Å². The molecule has 1 saturated heterocycles. The van der Waals surface area contributed by atoms with Gasteiger partial charge < -0.3 is 18.9 Å². The highest BCUT2D eigenvalue weighted by atomic mass is 16.8. The van der Waals surface area contributed by atoms with Crippen molar-refractivity contribution in [3.8, 4) is 0 Å². The summed E-state index contributed by atoms with van der Waals surface area (Å²) in [7, 11) is 0. The maximum Gasteiger partial charge on any atom is 0.414 e. The van der Waals surface area contributed by atoms with E-state index in [1.165, 1.54) is 6.08 Å². The Morgan fingerprint density at radius 2 is 1.82 bits per heavy atom. The van der Waals surface area contributed by atoms with E-state index in [-0.39, 0.29) is 11.7 Å². The van der Waals surface area contributed by atoms with Gasteiger partial charge in [0.15, 0.2) is 11.6 Å². The van der Waals surface area contributed by atoms with Gasteiger partial charge in [-0.1, -0.05) is 32.1 Å². The first kappa shape index (κ1) is 30.6. The SMILES string of the molecule is CCCN(C(=O)OC(C)(C)C)c1cc(C)c2c(c1)/C=C/C[C@@H]1OC(C)(C)O[C@@H]1C(=O)/C=C\[C@@H](C)[C@H](C)OC2=O. The van der Waals surface area contributed by atoms with Gasteiger partial charge in [-0.2, -0.15) is 0 Å². The zero-order valence-electron chi connectivity index (χ0n) is 24.7. The normalized spacial score (nSPS) is 27.0. The third-order valence-electron chi connectivity index (χ3n) is 6.65. The smallest absolute Gasteiger partial charge is 0.414 e. The average Bonchev–Trinajstić information content (AvgIpc) is 3.12. The molecule has 2 heterocycles. The molecule has 8 heteroatoms. The molecule has 3 rings (SSSR count). The Balaban J connectivity index is 2.09. The van der Waals surface area contributed by atoms with Gasteiger partial charge in [-0.25, -0.2) is 9.59 Å². The van der Waals surface area contributed by atoms with Crippen molar-refractivity contribution in [1.82, 2.24) is 0 Å². The van der Waals surface area contributed by atoms with Crippen molar-refractivity contribution < 1.29 is 33.3 Å². The number of fused-ring (bicyclic) bond motifs is 2. The van der Waals surface area contributed by atoms with Gasteiger partial charge in [-0.05, 0) is 90.6 Å². The second kappa shape index (κ2) is 12.0. The molecule has 2 aliphatic heterocycles. The zero-order valence-corrected chi connectivity index (χ0v) is 24.7. The van der Waals surface area contributed by atoms with Crippen LogP contribution in [-0.2, 0) is 23.7 Å². The number of anilines is 1. The summed E-state index contributed by atoms with van der Waals surface area (Å²) in [4.78, 5) is 41.1. The lowest BCUT2D eigenvalue weighted by Gasteiger charge is -2.28. The molecule has 0 spiro atoms. The number of nitrogens with zero attached hydrogens (tertiary/aromatic N) is 1. The minimum absolute atomic E-state index is 0.187. The van der Waals surface area contributed by atoms with Crippen molar-refractivity contribution in [1.29, 1.82) is 0 Å². The molecule has 0 radical (unpaired) electrons. The number of benzene rings is 1. The van der Waals surface area contributed by atoms with Crippen molar-refractivity contribution >= 4 is 29.6 Å². The Hall–Kier alpha value is -2.97. The minimum atomic E-state index is -0.894. The van der Waals surface area contributed by atoms with Crippen molar-refractivity contribution in [3.63, 3.8) is 0 Å². The van der Waals surface area contributed by atoms with E-state index in [0.717, 1.165) is 6.42 Å². The van der Waals surface area contributed by atoms with Crippen LogP contribution in [0.15, 0.2) is 30.4 Å². The highest BCUT2D eigenvalue weighted by molar-refractivity contribution is 5.98. The van der Waals surface area contributed by atoms with E-state index in [0.29, 0.717) is 35.3 Å². The number of ether oxygens (including phenoxy) is 4. The summed E-state index contributed by atoms with van der Waals surface area (Å²) >= 11 is 0. The Bertz CT molecular complexity index is 1140. The van der Waals surface area contributed by atoms with E-state index in [9.17, 15) is 14.4 Å². The number of ketones is 1. The number of rotatable bonds is 3. The molecule has 0 N–H and O–H groups in total. The van der Waals surface area contributed by atoms with Crippen LogP contribution in [0.4, 0.5) is 10.5 Å².